The minimum Gasteiger partial charge on any atom is -0.387 e. The van der Waals surface area contributed by atoms with Gasteiger partial charge in [0, 0.05) is 35.5 Å². The van der Waals surface area contributed by atoms with Gasteiger partial charge < -0.3 is 10.4 Å². The molecule has 1 aromatic heterocycles. The Labute approximate surface area is 122 Å². The molecular formula is C14H14Cl2N2O. The quantitative estimate of drug-likeness (QED) is 0.890. The summed E-state index contributed by atoms with van der Waals surface area (Å²) >= 11 is 11.8. The van der Waals surface area contributed by atoms with Crippen LogP contribution < -0.4 is 5.32 Å². The van der Waals surface area contributed by atoms with E-state index in [9.17, 15) is 5.11 Å². The molecule has 2 rings (SSSR count). The molecule has 19 heavy (non-hydrogen) atoms. The molecule has 3 nitrogen and oxygen atoms in total. The zero-order chi connectivity index (χ0) is 13.7. The highest BCUT2D eigenvalue weighted by molar-refractivity contribution is 6.34. The molecule has 0 saturated heterocycles. The van der Waals surface area contributed by atoms with E-state index < -0.39 is 6.10 Å². The van der Waals surface area contributed by atoms with Crippen LogP contribution in [0, 0.1) is 0 Å². The van der Waals surface area contributed by atoms with Gasteiger partial charge >= 0.3 is 0 Å². The van der Waals surface area contributed by atoms with E-state index in [-0.39, 0.29) is 0 Å². The molecule has 0 aliphatic heterocycles. The number of aromatic nitrogens is 1. The lowest BCUT2D eigenvalue weighted by Gasteiger charge is -2.13. The summed E-state index contributed by atoms with van der Waals surface area (Å²) in [7, 11) is 0. The second-order valence-electron chi connectivity index (χ2n) is 4.21. The number of nitrogens with zero attached hydrogens (tertiary/aromatic N) is 1. The summed E-state index contributed by atoms with van der Waals surface area (Å²) in [6, 6.07) is 8.92. The molecule has 0 radical (unpaired) electrons. The predicted molar refractivity (Wildman–Crippen MR) is 77.4 cm³/mol. The third-order valence-electron chi connectivity index (χ3n) is 2.66. The molecule has 0 bridgehead atoms. The molecule has 0 fully saturated rings. The lowest BCUT2D eigenvalue weighted by atomic mass is 10.1. The van der Waals surface area contributed by atoms with Gasteiger partial charge in [0.25, 0.3) is 0 Å². The first-order valence-electron chi connectivity index (χ1n) is 5.89. The number of nitrogens with one attached hydrogen (secondary N) is 1. The predicted octanol–water partition coefficient (Wildman–Crippen LogP) is 3.21. The minimum atomic E-state index is -0.645. The molecule has 1 aromatic carbocycles. The first-order chi connectivity index (χ1) is 9.15. The highest BCUT2D eigenvalue weighted by Gasteiger charge is 2.09. The van der Waals surface area contributed by atoms with E-state index in [1.54, 1.807) is 30.6 Å². The summed E-state index contributed by atoms with van der Waals surface area (Å²) in [5.74, 6) is 0. The zero-order valence-electron chi connectivity index (χ0n) is 10.2. The van der Waals surface area contributed by atoms with Crippen molar-refractivity contribution in [2.75, 3.05) is 6.54 Å². The molecule has 5 heteroatoms. The molecular weight excluding hydrogens is 283 g/mol. The molecule has 0 aliphatic carbocycles. The SMILES string of the molecule is OC(CNCc1cccnc1)c1cc(Cl)cc(Cl)c1. The maximum absolute atomic E-state index is 10.1. The van der Waals surface area contributed by atoms with Crippen molar-refractivity contribution in [2.24, 2.45) is 0 Å². The van der Waals surface area contributed by atoms with Crippen molar-refractivity contribution < 1.29 is 5.11 Å². The first-order valence-corrected chi connectivity index (χ1v) is 6.64. The van der Waals surface area contributed by atoms with Gasteiger partial charge in [-0.25, -0.2) is 0 Å². The number of hydrogen-bond donors (Lipinski definition) is 2. The van der Waals surface area contributed by atoms with Crippen LogP contribution in [-0.2, 0) is 6.54 Å². The van der Waals surface area contributed by atoms with E-state index in [1.165, 1.54) is 0 Å². The number of aliphatic hydroxyl groups excluding tert-OH is 1. The Morgan fingerprint density at radius 3 is 2.58 bits per heavy atom. The molecule has 0 saturated carbocycles. The lowest BCUT2D eigenvalue weighted by molar-refractivity contribution is 0.174. The molecule has 1 atom stereocenters. The van der Waals surface area contributed by atoms with Crippen molar-refractivity contribution in [3.63, 3.8) is 0 Å². The van der Waals surface area contributed by atoms with Crippen molar-refractivity contribution in [3.05, 3.63) is 63.9 Å². The van der Waals surface area contributed by atoms with Crippen LogP contribution in [0.1, 0.15) is 17.2 Å². The average Bonchev–Trinajstić information content (AvgIpc) is 2.38. The number of rotatable bonds is 5. The van der Waals surface area contributed by atoms with Crippen LogP contribution >= 0.6 is 23.2 Å². The van der Waals surface area contributed by atoms with Crippen LogP contribution in [0.5, 0.6) is 0 Å². The summed E-state index contributed by atoms with van der Waals surface area (Å²) in [6.07, 6.45) is 2.87. The molecule has 0 spiro atoms. The van der Waals surface area contributed by atoms with Gasteiger partial charge in [0.15, 0.2) is 0 Å². The topological polar surface area (TPSA) is 45.1 Å². The van der Waals surface area contributed by atoms with Gasteiger partial charge in [-0.2, -0.15) is 0 Å². The molecule has 2 aromatic rings. The Bertz CT molecular complexity index is 514. The van der Waals surface area contributed by atoms with E-state index in [2.05, 4.69) is 10.3 Å². The van der Waals surface area contributed by atoms with Gasteiger partial charge in [0.1, 0.15) is 0 Å². The van der Waals surface area contributed by atoms with Gasteiger partial charge in [0.2, 0.25) is 0 Å². The highest BCUT2D eigenvalue weighted by atomic mass is 35.5. The van der Waals surface area contributed by atoms with E-state index in [4.69, 9.17) is 23.2 Å². The van der Waals surface area contributed by atoms with Crippen LogP contribution in [-0.4, -0.2) is 16.6 Å². The number of benzene rings is 1. The second-order valence-corrected chi connectivity index (χ2v) is 5.08. The van der Waals surface area contributed by atoms with E-state index in [0.29, 0.717) is 28.7 Å². The van der Waals surface area contributed by atoms with E-state index in [0.717, 1.165) is 5.56 Å². The molecule has 1 heterocycles. The standard InChI is InChI=1S/C14H14Cl2N2O/c15-12-4-11(5-13(16)6-12)14(19)9-18-8-10-2-1-3-17-7-10/h1-7,14,18-19H,8-9H2. The summed E-state index contributed by atoms with van der Waals surface area (Å²) in [5.41, 5.74) is 1.77. The summed E-state index contributed by atoms with van der Waals surface area (Å²) < 4.78 is 0. The fourth-order valence-electron chi connectivity index (χ4n) is 1.74. The monoisotopic (exact) mass is 296 g/mol. The highest BCUT2D eigenvalue weighted by Crippen LogP contribution is 2.23. The van der Waals surface area contributed by atoms with Gasteiger partial charge in [-0.15, -0.1) is 0 Å². The largest absolute Gasteiger partial charge is 0.387 e. The molecule has 100 valence electrons. The number of aliphatic hydroxyl groups is 1. The number of pyridine rings is 1. The van der Waals surface area contributed by atoms with Crippen molar-refractivity contribution in [1.29, 1.82) is 0 Å². The van der Waals surface area contributed by atoms with E-state index in [1.807, 2.05) is 12.1 Å². The minimum absolute atomic E-state index is 0.422. The van der Waals surface area contributed by atoms with E-state index >= 15 is 0 Å². The third kappa shape index (κ3) is 4.48. The number of hydrogen-bond acceptors (Lipinski definition) is 3. The van der Waals surface area contributed by atoms with Crippen molar-refractivity contribution in [2.45, 2.75) is 12.6 Å². The Balaban J connectivity index is 1.89. The van der Waals surface area contributed by atoms with Gasteiger partial charge in [-0.05, 0) is 35.4 Å². The van der Waals surface area contributed by atoms with Gasteiger partial charge in [0.05, 0.1) is 6.10 Å². The average molecular weight is 297 g/mol. The lowest BCUT2D eigenvalue weighted by Crippen LogP contribution is -2.21. The fourth-order valence-corrected chi connectivity index (χ4v) is 2.28. The summed E-state index contributed by atoms with van der Waals surface area (Å²) in [6.45, 7) is 1.07. The third-order valence-corrected chi connectivity index (χ3v) is 3.10. The molecule has 2 N–H and O–H groups in total. The maximum Gasteiger partial charge on any atom is 0.0915 e. The molecule has 1 unspecified atom stereocenters. The van der Waals surface area contributed by atoms with Gasteiger partial charge in [-0.3, -0.25) is 4.98 Å². The van der Waals surface area contributed by atoms with Crippen molar-refractivity contribution >= 4 is 23.2 Å². The van der Waals surface area contributed by atoms with Crippen LogP contribution in [0.4, 0.5) is 0 Å². The summed E-state index contributed by atoms with van der Waals surface area (Å²) in [4.78, 5) is 4.03. The molecule has 0 aliphatic rings. The van der Waals surface area contributed by atoms with Crippen molar-refractivity contribution in [3.8, 4) is 0 Å². The Morgan fingerprint density at radius 1 is 1.21 bits per heavy atom. The normalized spacial score (nSPS) is 12.4. The van der Waals surface area contributed by atoms with Crippen LogP contribution in [0.25, 0.3) is 0 Å². The maximum atomic E-state index is 10.1. The zero-order valence-corrected chi connectivity index (χ0v) is 11.7. The fraction of sp³-hybridized carbons (Fsp3) is 0.214. The van der Waals surface area contributed by atoms with Crippen LogP contribution in [0.3, 0.4) is 0 Å². The van der Waals surface area contributed by atoms with Gasteiger partial charge in [-0.1, -0.05) is 29.3 Å². The first kappa shape index (κ1) is 14.3. The Kier molecular flexibility index (Phi) is 5.16. The Hall–Kier alpha value is -1.13. The second kappa shape index (κ2) is 6.87. The van der Waals surface area contributed by atoms with Crippen molar-refractivity contribution in [1.82, 2.24) is 10.3 Å². The van der Waals surface area contributed by atoms with Crippen LogP contribution in [0.2, 0.25) is 10.0 Å². The molecule has 0 amide bonds. The number of halogens is 2. The Morgan fingerprint density at radius 2 is 1.95 bits per heavy atom. The summed E-state index contributed by atoms with van der Waals surface area (Å²) in [5, 5.41) is 14.3. The van der Waals surface area contributed by atoms with Crippen LogP contribution in [0.15, 0.2) is 42.7 Å². The smallest absolute Gasteiger partial charge is 0.0915 e.